The average Bonchev–Trinajstić information content (AvgIpc) is 2.59. The molecule has 0 radical (unpaired) electrons. The van der Waals surface area contributed by atoms with Gasteiger partial charge in [0, 0.05) is 21.9 Å². The first-order chi connectivity index (χ1) is 13.8. The van der Waals surface area contributed by atoms with Crippen molar-refractivity contribution in [3.8, 4) is 0 Å². The van der Waals surface area contributed by atoms with Gasteiger partial charge in [0.2, 0.25) is 17.8 Å². The van der Waals surface area contributed by atoms with Gasteiger partial charge in [-0.05, 0) is 31.6 Å². The Morgan fingerprint density at radius 2 is 1.77 bits per heavy atom. The molecule has 0 saturated heterocycles. The smallest absolute Gasteiger partial charge is 0.233 e. The number of nitrogens with zero attached hydrogens (tertiary/aromatic N) is 2. The first-order valence-corrected chi connectivity index (χ1v) is 10.8. The Bertz CT molecular complexity index is 866. The molecule has 2 aliphatic rings. The largest absolute Gasteiger partial charge is 0.364 e. The summed E-state index contributed by atoms with van der Waals surface area (Å²) < 4.78 is 0. The first-order valence-electron chi connectivity index (χ1n) is 10.8. The lowest BCUT2D eigenvalue weighted by atomic mass is 9.69. The molecule has 2 unspecified atom stereocenters. The highest BCUT2D eigenvalue weighted by atomic mass is 16.2. The van der Waals surface area contributed by atoms with Gasteiger partial charge in [-0.1, -0.05) is 54.0 Å². The zero-order valence-electron chi connectivity index (χ0n) is 19.1. The number of hydrogen-bond acceptors (Lipinski definition) is 5. The van der Waals surface area contributed by atoms with Crippen molar-refractivity contribution in [3.63, 3.8) is 0 Å². The maximum absolute atomic E-state index is 12.8. The number of anilines is 3. The number of rotatable bonds is 4. The van der Waals surface area contributed by atoms with Gasteiger partial charge in [0.05, 0.1) is 0 Å². The van der Waals surface area contributed by atoms with E-state index in [-0.39, 0.29) is 29.2 Å². The number of carbonyl (C=O) groups excluding carboxylic acids is 2. The highest BCUT2D eigenvalue weighted by Gasteiger charge is 2.43. The van der Waals surface area contributed by atoms with E-state index in [4.69, 9.17) is 0 Å². The normalized spacial score (nSPS) is 23.1. The number of hydrogen-bond donors (Lipinski definition) is 3. The molecule has 164 valence electrons. The van der Waals surface area contributed by atoms with E-state index in [0.29, 0.717) is 11.6 Å². The fraction of sp³-hybridized carbons (Fsp3) is 0.652. The van der Waals surface area contributed by atoms with Gasteiger partial charge >= 0.3 is 0 Å². The topological polar surface area (TPSA) is 96.0 Å². The van der Waals surface area contributed by atoms with E-state index in [1.807, 2.05) is 47.6 Å². The maximum Gasteiger partial charge on any atom is 0.233 e. The number of amides is 2. The van der Waals surface area contributed by atoms with Gasteiger partial charge in [-0.2, -0.15) is 9.97 Å². The molecule has 30 heavy (non-hydrogen) atoms. The standard InChI is InChI=1S/C23H35N5O2/c1-8-11-23-12-9-10-14(13-23)15-16(24-18(29)21(2,3)4)25-20(26-17(15)28-23)27-19(30)22(5,6)7/h8,14H,1,9-13H2,2-7H3,(H3,24,25,26,27,28,29,30). The monoisotopic (exact) mass is 413 g/mol. The fourth-order valence-electron chi connectivity index (χ4n) is 4.17. The minimum Gasteiger partial charge on any atom is -0.364 e. The third kappa shape index (κ3) is 4.50. The molecule has 1 fully saturated rings. The van der Waals surface area contributed by atoms with Crippen LogP contribution in [0.2, 0.25) is 0 Å². The lowest BCUT2D eigenvalue weighted by molar-refractivity contribution is -0.123. The van der Waals surface area contributed by atoms with E-state index in [9.17, 15) is 9.59 Å². The summed E-state index contributed by atoms with van der Waals surface area (Å²) in [5.74, 6) is 1.38. The van der Waals surface area contributed by atoms with E-state index >= 15 is 0 Å². The summed E-state index contributed by atoms with van der Waals surface area (Å²) >= 11 is 0. The number of fused-ring (bicyclic) bond motifs is 4. The zero-order chi connectivity index (χ0) is 22.3. The Morgan fingerprint density at radius 3 is 2.37 bits per heavy atom. The molecule has 7 nitrogen and oxygen atoms in total. The van der Waals surface area contributed by atoms with Gasteiger partial charge < -0.3 is 10.6 Å². The minimum absolute atomic E-state index is 0.0807. The molecule has 7 heteroatoms. The molecule has 1 saturated carbocycles. The molecule has 1 aliphatic carbocycles. The third-order valence-corrected chi connectivity index (χ3v) is 5.94. The molecule has 2 bridgehead atoms. The van der Waals surface area contributed by atoms with Crippen LogP contribution in [0.1, 0.15) is 85.1 Å². The van der Waals surface area contributed by atoms with Crippen LogP contribution in [0.5, 0.6) is 0 Å². The van der Waals surface area contributed by atoms with Crippen LogP contribution in [-0.4, -0.2) is 27.3 Å². The second-order valence-electron chi connectivity index (χ2n) is 10.8. The van der Waals surface area contributed by atoms with Gasteiger partial charge in [0.25, 0.3) is 0 Å². The second-order valence-corrected chi connectivity index (χ2v) is 10.8. The Balaban J connectivity index is 2.07. The molecular weight excluding hydrogens is 378 g/mol. The van der Waals surface area contributed by atoms with Crippen LogP contribution < -0.4 is 16.0 Å². The predicted molar refractivity (Wildman–Crippen MR) is 121 cm³/mol. The summed E-state index contributed by atoms with van der Waals surface area (Å²) in [7, 11) is 0. The lowest BCUT2D eigenvalue weighted by Gasteiger charge is -2.46. The van der Waals surface area contributed by atoms with E-state index in [1.54, 1.807) is 0 Å². The van der Waals surface area contributed by atoms with Crippen LogP contribution in [-0.2, 0) is 9.59 Å². The van der Waals surface area contributed by atoms with Crippen LogP contribution in [0.15, 0.2) is 12.7 Å². The van der Waals surface area contributed by atoms with Crippen molar-refractivity contribution in [2.24, 2.45) is 10.8 Å². The van der Waals surface area contributed by atoms with Crippen molar-refractivity contribution in [2.75, 3.05) is 16.0 Å². The molecule has 1 aliphatic heterocycles. The van der Waals surface area contributed by atoms with Crippen LogP contribution >= 0.6 is 0 Å². The molecule has 2 amide bonds. The van der Waals surface area contributed by atoms with Crippen molar-refractivity contribution < 1.29 is 9.59 Å². The van der Waals surface area contributed by atoms with Crippen molar-refractivity contribution in [1.29, 1.82) is 0 Å². The van der Waals surface area contributed by atoms with Crippen LogP contribution in [0.25, 0.3) is 0 Å². The fourth-order valence-corrected chi connectivity index (χ4v) is 4.17. The van der Waals surface area contributed by atoms with Crippen LogP contribution in [0.3, 0.4) is 0 Å². The van der Waals surface area contributed by atoms with Crippen molar-refractivity contribution >= 4 is 29.4 Å². The van der Waals surface area contributed by atoms with Gasteiger partial charge in [-0.15, -0.1) is 6.58 Å². The van der Waals surface area contributed by atoms with Gasteiger partial charge in [0.15, 0.2) is 0 Å². The average molecular weight is 414 g/mol. The Labute approximate surface area is 179 Å². The van der Waals surface area contributed by atoms with E-state index in [1.165, 1.54) is 0 Å². The maximum atomic E-state index is 12.8. The lowest BCUT2D eigenvalue weighted by Crippen LogP contribution is -2.46. The molecule has 3 N–H and O–H groups in total. The van der Waals surface area contributed by atoms with Crippen molar-refractivity contribution in [1.82, 2.24) is 9.97 Å². The zero-order valence-corrected chi connectivity index (χ0v) is 19.1. The summed E-state index contributed by atoms with van der Waals surface area (Å²) in [5.41, 5.74) is -0.278. The van der Waals surface area contributed by atoms with Crippen molar-refractivity contribution in [3.05, 3.63) is 18.2 Å². The van der Waals surface area contributed by atoms with E-state index in [0.717, 1.165) is 37.7 Å². The summed E-state index contributed by atoms with van der Waals surface area (Å²) in [6.45, 7) is 15.1. The SMILES string of the molecule is C=CCC12CCCC(C1)c1c(NC(=O)C(C)(C)C)nc(NC(=O)C(C)(C)C)nc1N2. The van der Waals surface area contributed by atoms with Crippen molar-refractivity contribution in [2.45, 2.75) is 85.1 Å². The summed E-state index contributed by atoms with van der Waals surface area (Å²) in [4.78, 5) is 34.5. The molecule has 1 aromatic heterocycles. The van der Waals surface area contributed by atoms with E-state index in [2.05, 4.69) is 32.5 Å². The molecular formula is C23H35N5O2. The van der Waals surface area contributed by atoms with Crippen LogP contribution in [0.4, 0.5) is 17.6 Å². The molecule has 2 heterocycles. The third-order valence-electron chi connectivity index (χ3n) is 5.94. The quantitative estimate of drug-likeness (QED) is 0.614. The van der Waals surface area contributed by atoms with Gasteiger partial charge in [-0.25, -0.2) is 0 Å². The van der Waals surface area contributed by atoms with Crippen LogP contribution in [0, 0.1) is 10.8 Å². The molecule has 1 aromatic rings. The predicted octanol–water partition coefficient (Wildman–Crippen LogP) is 4.84. The highest BCUT2D eigenvalue weighted by Crippen LogP contribution is 2.50. The van der Waals surface area contributed by atoms with Gasteiger partial charge in [0.1, 0.15) is 11.6 Å². The van der Waals surface area contributed by atoms with Gasteiger partial charge in [-0.3, -0.25) is 14.9 Å². The summed E-state index contributed by atoms with van der Waals surface area (Å²) in [6.07, 6.45) is 6.93. The molecule has 2 atom stereocenters. The summed E-state index contributed by atoms with van der Waals surface area (Å²) in [5, 5.41) is 9.45. The molecule has 3 rings (SSSR count). The molecule has 0 spiro atoms. The Morgan fingerprint density at radius 1 is 1.13 bits per heavy atom. The Hall–Kier alpha value is -2.44. The van der Waals surface area contributed by atoms with E-state index < -0.39 is 10.8 Å². The summed E-state index contributed by atoms with van der Waals surface area (Å²) in [6, 6.07) is 0. The number of aromatic nitrogens is 2. The Kier molecular flexibility index (Phi) is 5.69. The highest BCUT2D eigenvalue weighted by molar-refractivity contribution is 5.96. The number of nitrogens with one attached hydrogen (secondary N) is 3. The first kappa shape index (κ1) is 22.2. The second kappa shape index (κ2) is 7.67. The number of carbonyl (C=O) groups is 2. The minimum atomic E-state index is -0.581. The molecule has 0 aromatic carbocycles.